The number of rotatable bonds is 3. The Bertz CT molecular complexity index is 613. The van der Waals surface area contributed by atoms with Crippen molar-refractivity contribution in [2.24, 2.45) is 0 Å². The number of nitrogens with one attached hydrogen (secondary N) is 1. The first-order chi connectivity index (χ1) is 8.40. The fraction of sp³-hybridized carbons (Fsp3) is 0.0833. The van der Waals surface area contributed by atoms with Gasteiger partial charge >= 0.3 is 6.36 Å². The first-order valence-corrected chi connectivity index (χ1v) is 4.96. The Labute approximate surface area is 101 Å². The van der Waals surface area contributed by atoms with E-state index < -0.39 is 6.36 Å². The number of halogens is 3. The molecule has 3 nitrogen and oxygen atoms in total. The first-order valence-electron chi connectivity index (χ1n) is 4.96. The lowest BCUT2D eigenvalue weighted by molar-refractivity contribution is -0.274. The van der Waals surface area contributed by atoms with E-state index in [4.69, 9.17) is 0 Å². The van der Waals surface area contributed by atoms with Crippen molar-refractivity contribution in [2.45, 2.75) is 6.36 Å². The quantitative estimate of drug-likeness (QED) is 0.849. The van der Waals surface area contributed by atoms with Crippen molar-refractivity contribution in [3.8, 4) is 5.75 Å². The average molecular weight is 254 g/mol. The molecule has 6 heteroatoms. The van der Waals surface area contributed by atoms with Crippen LogP contribution in [0, 0.1) is 0 Å². The molecule has 0 amide bonds. The van der Waals surface area contributed by atoms with Crippen molar-refractivity contribution in [3.05, 3.63) is 43.1 Å². The summed E-state index contributed by atoms with van der Waals surface area (Å²) in [6.45, 7) is 7.25. The summed E-state index contributed by atoms with van der Waals surface area (Å²) in [5.74, 6) is -0.297. The van der Waals surface area contributed by atoms with Crippen LogP contribution in [-0.2, 0) is 0 Å². The molecular weight excluding hydrogens is 245 g/mol. The second kappa shape index (κ2) is 4.21. The van der Waals surface area contributed by atoms with Crippen molar-refractivity contribution >= 4 is 16.5 Å². The summed E-state index contributed by atoms with van der Waals surface area (Å²) in [6.07, 6.45) is -3.24. The zero-order valence-electron chi connectivity index (χ0n) is 9.21. The largest absolute Gasteiger partial charge is 0.573 e. The summed E-state index contributed by atoms with van der Waals surface area (Å²) in [7, 11) is 0. The van der Waals surface area contributed by atoms with Gasteiger partial charge in [-0.15, -0.1) is 13.2 Å². The van der Waals surface area contributed by atoms with E-state index in [1.165, 1.54) is 24.3 Å². The van der Waals surface area contributed by atoms with Crippen molar-refractivity contribution in [1.82, 2.24) is 10.2 Å². The van der Waals surface area contributed by atoms with Gasteiger partial charge in [-0.2, -0.15) is 5.10 Å². The highest BCUT2D eigenvalue weighted by Crippen LogP contribution is 2.29. The molecule has 0 atom stereocenters. The van der Waals surface area contributed by atoms with Gasteiger partial charge < -0.3 is 4.74 Å². The molecule has 0 spiro atoms. The minimum atomic E-state index is -4.72. The molecule has 1 aromatic heterocycles. The summed E-state index contributed by atoms with van der Waals surface area (Å²) in [5.41, 5.74) is 1.57. The van der Waals surface area contributed by atoms with Crippen LogP contribution in [0.1, 0.15) is 5.69 Å². The van der Waals surface area contributed by atoms with E-state index >= 15 is 0 Å². The maximum absolute atomic E-state index is 12.1. The molecule has 1 N–H and O–H groups in total. The number of aromatic nitrogens is 2. The number of ether oxygens (including phenoxy) is 1. The van der Waals surface area contributed by atoms with Gasteiger partial charge in [-0.3, -0.25) is 5.10 Å². The van der Waals surface area contributed by atoms with E-state index in [1.54, 1.807) is 0 Å². The maximum atomic E-state index is 12.1. The highest BCUT2D eigenvalue weighted by molar-refractivity contribution is 5.92. The highest BCUT2D eigenvalue weighted by atomic mass is 19.4. The van der Waals surface area contributed by atoms with E-state index in [1.807, 2.05) is 0 Å². The van der Waals surface area contributed by atoms with Gasteiger partial charge in [-0.1, -0.05) is 19.2 Å². The lowest BCUT2D eigenvalue weighted by atomic mass is 10.1. The Morgan fingerprint density at radius 1 is 1.39 bits per heavy atom. The number of fused-ring (bicyclic) bond motifs is 1. The van der Waals surface area contributed by atoms with Gasteiger partial charge in [0.25, 0.3) is 0 Å². The highest BCUT2D eigenvalue weighted by Gasteiger charge is 2.31. The molecule has 1 aromatic carbocycles. The van der Waals surface area contributed by atoms with Crippen LogP contribution < -0.4 is 4.74 Å². The third kappa shape index (κ3) is 2.37. The van der Waals surface area contributed by atoms with Gasteiger partial charge in [0.1, 0.15) is 5.75 Å². The molecule has 0 unspecified atom stereocenters. The number of H-pyrrole nitrogens is 1. The number of benzene rings is 1. The monoisotopic (exact) mass is 254 g/mol. The summed E-state index contributed by atoms with van der Waals surface area (Å²) in [6, 6.07) is 3.94. The molecule has 0 aliphatic rings. The second-order valence-corrected chi connectivity index (χ2v) is 3.56. The number of hydrogen-bond donors (Lipinski definition) is 1. The number of alkyl halides is 3. The predicted molar refractivity (Wildman–Crippen MR) is 62.0 cm³/mol. The van der Waals surface area contributed by atoms with Crippen LogP contribution in [0.3, 0.4) is 0 Å². The maximum Gasteiger partial charge on any atom is 0.573 e. The van der Waals surface area contributed by atoms with E-state index in [-0.39, 0.29) is 5.75 Å². The van der Waals surface area contributed by atoms with Gasteiger partial charge in [0.05, 0.1) is 11.2 Å². The molecule has 18 heavy (non-hydrogen) atoms. The molecule has 0 saturated heterocycles. The zero-order valence-corrected chi connectivity index (χ0v) is 9.21. The molecule has 0 bridgehead atoms. The SMILES string of the molecule is C=CC(=C)c1n[nH]c2ccc(OC(F)(F)F)cc12. The molecule has 0 aliphatic heterocycles. The Morgan fingerprint density at radius 2 is 2.11 bits per heavy atom. The van der Waals surface area contributed by atoms with Crippen LogP contribution in [0.4, 0.5) is 13.2 Å². The molecule has 94 valence electrons. The van der Waals surface area contributed by atoms with Crippen molar-refractivity contribution < 1.29 is 17.9 Å². The molecule has 1 heterocycles. The fourth-order valence-electron chi connectivity index (χ4n) is 1.53. The van der Waals surface area contributed by atoms with E-state index in [0.717, 1.165) is 0 Å². The third-order valence-electron chi connectivity index (χ3n) is 2.32. The van der Waals surface area contributed by atoms with Gasteiger partial charge in [-0.25, -0.2) is 0 Å². The lowest BCUT2D eigenvalue weighted by Crippen LogP contribution is -2.16. The van der Waals surface area contributed by atoms with Gasteiger partial charge in [0, 0.05) is 5.39 Å². The van der Waals surface area contributed by atoms with Crippen LogP contribution in [-0.4, -0.2) is 16.6 Å². The van der Waals surface area contributed by atoms with Gasteiger partial charge in [-0.05, 0) is 23.8 Å². The minimum Gasteiger partial charge on any atom is -0.406 e. The normalized spacial score (nSPS) is 11.5. The molecule has 2 rings (SSSR count). The Kier molecular flexibility index (Phi) is 2.86. The number of nitrogens with zero attached hydrogens (tertiary/aromatic N) is 1. The summed E-state index contributed by atoms with van der Waals surface area (Å²) >= 11 is 0. The van der Waals surface area contributed by atoms with Crippen LogP contribution in [0.2, 0.25) is 0 Å². The van der Waals surface area contributed by atoms with Gasteiger partial charge in [0.2, 0.25) is 0 Å². The van der Waals surface area contributed by atoms with E-state index in [9.17, 15) is 13.2 Å². The smallest absolute Gasteiger partial charge is 0.406 e. The third-order valence-corrected chi connectivity index (χ3v) is 2.32. The summed E-state index contributed by atoms with van der Waals surface area (Å²) in [5, 5.41) is 7.17. The lowest BCUT2D eigenvalue weighted by Gasteiger charge is -2.08. The van der Waals surface area contributed by atoms with Gasteiger partial charge in [0.15, 0.2) is 0 Å². The molecule has 2 aromatic rings. The molecular formula is C12H9F3N2O. The molecule has 0 saturated carbocycles. The predicted octanol–water partition coefficient (Wildman–Crippen LogP) is 3.66. The molecule has 0 fully saturated rings. The number of hydrogen-bond acceptors (Lipinski definition) is 2. The topological polar surface area (TPSA) is 37.9 Å². The van der Waals surface area contributed by atoms with E-state index in [2.05, 4.69) is 28.1 Å². The van der Waals surface area contributed by atoms with Crippen molar-refractivity contribution in [3.63, 3.8) is 0 Å². The summed E-state index contributed by atoms with van der Waals surface area (Å²) < 4.78 is 40.2. The van der Waals surface area contributed by atoms with Crippen molar-refractivity contribution in [2.75, 3.05) is 0 Å². The van der Waals surface area contributed by atoms with E-state index in [0.29, 0.717) is 22.2 Å². The Balaban J connectivity index is 2.49. The fourth-order valence-corrected chi connectivity index (χ4v) is 1.53. The Morgan fingerprint density at radius 3 is 2.72 bits per heavy atom. The first kappa shape index (κ1) is 12.2. The van der Waals surface area contributed by atoms with Crippen LogP contribution in [0.25, 0.3) is 16.5 Å². The minimum absolute atomic E-state index is 0.297. The zero-order chi connectivity index (χ0) is 13.3. The van der Waals surface area contributed by atoms with Crippen LogP contribution in [0.15, 0.2) is 37.4 Å². The number of allylic oxidation sites excluding steroid dienone is 2. The van der Waals surface area contributed by atoms with Crippen LogP contribution in [0.5, 0.6) is 5.75 Å². The second-order valence-electron chi connectivity index (χ2n) is 3.56. The average Bonchev–Trinajstić information content (AvgIpc) is 2.69. The summed E-state index contributed by atoms with van der Waals surface area (Å²) in [4.78, 5) is 0. The molecule has 0 radical (unpaired) electrons. The molecule has 0 aliphatic carbocycles. The standard InChI is InChI=1S/C12H9F3N2O/c1-3-7(2)11-9-6-8(18-12(13,14)15)4-5-10(9)16-17-11/h3-6H,1-2H2,(H,16,17). The number of aromatic amines is 1. The van der Waals surface area contributed by atoms with Crippen LogP contribution >= 0.6 is 0 Å². The van der Waals surface area contributed by atoms with Crippen molar-refractivity contribution in [1.29, 1.82) is 0 Å². The Hall–Kier alpha value is -2.24.